The van der Waals surface area contributed by atoms with Crippen molar-refractivity contribution >= 4 is 11.9 Å². The van der Waals surface area contributed by atoms with Crippen LogP contribution in [-0.4, -0.2) is 29.3 Å². The molecule has 0 aliphatic heterocycles. The Bertz CT molecular complexity index is 279. The zero-order valence-electron chi connectivity index (χ0n) is 10.5. The molecule has 17 heavy (non-hydrogen) atoms. The fourth-order valence-corrected chi connectivity index (χ4v) is 0.860. The first-order valence-electron chi connectivity index (χ1n) is 5.30. The number of hydrogen-bond acceptors (Lipinski definition) is 4. The monoisotopic (exact) mass is 244 g/mol. The number of methoxy groups -OCH3 is 1. The molecule has 0 radical (unpaired) electrons. The van der Waals surface area contributed by atoms with Crippen LogP contribution in [0.3, 0.4) is 0 Å². The van der Waals surface area contributed by atoms with E-state index in [0.717, 1.165) is 25.2 Å². The van der Waals surface area contributed by atoms with E-state index in [9.17, 15) is 9.59 Å². The number of allylic oxidation sites excluding steroid dienone is 1. The van der Waals surface area contributed by atoms with Gasteiger partial charge in [-0.15, -0.1) is 0 Å². The molecular weight excluding hydrogens is 224 g/mol. The maximum atomic E-state index is 10.8. The summed E-state index contributed by atoms with van der Waals surface area (Å²) >= 11 is 0. The van der Waals surface area contributed by atoms with Gasteiger partial charge in [0, 0.05) is 6.08 Å². The van der Waals surface area contributed by atoms with Crippen molar-refractivity contribution in [3.05, 3.63) is 24.0 Å². The molecule has 0 aromatic rings. The summed E-state index contributed by atoms with van der Waals surface area (Å²) in [4.78, 5) is 20.3. The number of carbonyl (C=O) groups excluding carboxylic acids is 1. The van der Waals surface area contributed by atoms with Crippen molar-refractivity contribution in [1.29, 1.82) is 0 Å². The maximum absolute atomic E-state index is 10.8. The Morgan fingerprint density at radius 2 is 1.94 bits per heavy atom. The number of aliphatic carboxylic acids is 1. The molecule has 0 rings (SSSR count). The van der Waals surface area contributed by atoms with Gasteiger partial charge in [0.15, 0.2) is 0 Å². The van der Waals surface area contributed by atoms with E-state index < -0.39 is 11.9 Å². The Hall–Kier alpha value is -1.78. The summed E-state index contributed by atoms with van der Waals surface area (Å²) in [5.74, 6) is -1.33. The van der Waals surface area contributed by atoms with E-state index >= 15 is 0 Å². The number of hydrogen-bond donors (Lipinski definition) is 2. The van der Waals surface area contributed by atoms with Gasteiger partial charge in [-0.2, -0.15) is 0 Å². The minimum atomic E-state index is -0.891. The fraction of sp³-hybridized carbons (Fsp3) is 0.500. The molecule has 0 aromatic heterocycles. The molecule has 0 unspecified atom stereocenters. The molecule has 0 aromatic carbocycles. The van der Waals surface area contributed by atoms with Gasteiger partial charge in [0.2, 0.25) is 0 Å². The van der Waals surface area contributed by atoms with E-state index in [-0.39, 0.29) is 0 Å². The maximum Gasteiger partial charge on any atom is 0.336 e. The standard InChI is InChI=1S/C8H14O3.C4H6O2/c1-3-4-5-7(6-9)8(10)11-2;1-2-3-4(5)6/h6,9H,3-5H2,1-2H3;2-3H,1H3,(H,5,6)/b;3-2+. The number of aliphatic hydroxyl groups excluding tert-OH is 1. The molecule has 0 heterocycles. The summed E-state index contributed by atoms with van der Waals surface area (Å²) in [7, 11) is 1.30. The highest BCUT2D eigenvalue weighted by Gasteiger charge is 2.07. The predicted molar refractivity (Wildman–Crippen MR) is 64.7 cm³/mol. The van der Waals surface area contributed by atoms with Crippen LogP contribution in [0.1, 0.15) is 33.1 Å². The molecule has 0 bridgehead atoms. The Morgan fingerprint density at radius 3 is 2.18 bits per heavy atom. The third-order valence-corrected chi connectivity index (χ3v) is 1.71. The van der Waals surface area contributed by atoms with Crippen LogP contribution in [0.5, 0.6) is 0 Å². The molecule has 0 saturated heterocycles. The first-order valence-corrected chi connectivity index (χ1v) is 5.30. The van der Waals surface area contributed by atoms with Gasteiger partial charge in [0.05, 0.1) is 18.9 Å². The highest BCUT2D eigenvalue weighted by atomic mass is 16.5. The normalized spacial score (nSPS) is 10.6. The van der Waals surface area contributed by atoms with Crippen LogP contribution in [0.15, 0.2) is 24.0 Å². The Kier molecular flexibility index (Phi) is 12.7. The number of carboxylic acids is 1. The minimum absolute atomic E-state index is 0.342. The lowest BCUT2D eigenvalue weighted by Crippen LogP contribution is -2.04. The summed E-state index contributed by atoms with van der Waals surface area (Å²) < 4.78 is 4.43. The lowest BCUT2D eigenvalue weighted by molar-refractivity contribution is -0.136. The molecule has 98 valence electrons. The lowest BCUT2D eigenvalue weighted by atomic mass is 10.1. The van der Waals surface area contributed by atoms with E-state index in [1.807, 2.05) is 6.92 Å². The van der Waals surface area contributed by atoms with Crippen LogP contribution in [-0.2, 0) is 14.3 Å². The molecule has 0 amide bonds. The quantitative estimate of drug-likeness (QED) is 0.441. The van der Waals surface area contributed by atoms with E-state index in [0.29, 0.717) is 12.0 Å². The van der Waals surface area contributed by atoms with Gasteiger partial charge < -0.3 is 14.9 Å². The second-order valence-electron chi connectivity index (χ2n) is 3.09. The van der Waals surface area contributed by atoms with Crippen molar-refractivity contribution in [2.75, 3.05) is 7.11 Å². The van der Waals surface area contributed by atoms with Gasteiger partial charge >= 0.3 is 11.9 Å². The van der Waals surface area contributed by atoms with E-state index in [1.165, 1.54) is 13.2 Å². The van der Waals surface area contributed by atoms with Gasteiger partial charge in [-0.25, -0.2) is 9.59 Å². The first kappa shape index (κ1) is 17.6. The van der Waals surface area contributed by atoms with Crippen LogP contribution in [0.4, 0.5) is 0 Å². The number of aliphatic hydroxyl groups is 1. The number of esters is 1. The van der Waals surface area contributed by atoms with E-state index in [2.05, 4.69) is 4.74 Å². The van der Waals surface area contributed by atoms with Gasteiger partial charge in [-0.3, -0.25) is 0 Å². The summed E-state index contributed by atoms with van der Waals surface area (Å²) in [5.41, 5.74) is 0.342. The minimum Gasteiger partial charge on any atom is -0.515 e. The summed E-state index contributed by atoms with van der Waals surface area (Å²) in [6.07, 6.45) is 5.85. The van der Waals surface area contributed by atoms with Crippen molar-refractivity contribution in [3.63, 3.8) is 0 Å². The van der Waals surface area contributed by atoms with Crippen molar-refractivity contribution in [2.24, 2.45) is 0 Å². The molecule has 5 heteroatoms. The van der Waals surface area contributed by atoms with Crippen LogP contribution >= 0.6 is 0 Å². The zero-order valence-corrected chi connectivity index (χ0v) is 10.5. The zero-order chi connectivity index (χ0) is 13.7. The largest absolute Gasteiger partial charge is 0.515 e. The van der Waals surface area contributed by atoms with Crippen molar-refractivity contribution in [2.45, 2.75) is 33.1 Å². The highest BCUT2D eigenvalue weighted by molar-refractivity contribution is 5.87. The molecule has 0 aliphatic carbocycles. The number of ether oxygens (including phenoxy) is 1. The number of carboxylic acid groups (broad SMARTS) is 1. The van der Waals surface area contributed by atoms with Crippen LogP contribution < -0.4 is 0 Å². The van der Waals surface area contributed by atoms with Crippen molar-refractivity contribution in [3.8, 4) is 0 Å². The second-order valence-corrected chi connectivity index (χ2v) is 3.09. The third kappa shape index (κ3) is 12.2. The first-order chi connectivity index (χ1) is 8.03. The summed E-state index contributed by atoms with van der Waals surface area (Å²) in [5, 5.41) is 16.4. The van der Waals surface area contributed by atoms with Gasteiger partial charge in [-0.1, -0.05) is 19.4 Å². The third-order valence-electron chi connectivity index (χ3n) is 1.71. The Labute approximate surface area is 101 Å². The number of carbonyl (C=O) groups is 2. The predicted octanol–water partition coefficient (Wildman–Crippen LogP) is 2.44. The summed E-state index contributed by atoms with van der Waals surface area (Å²) in [6, 6.07) is 0. The molecule has 5 nitrogen and oxygen atoms in total. The average molecular weight is 244 g/mol. The molecule has 0 aliphatic rings. The number of rotatable bonds is 5. The highest BCUT2D eigenvalue weighted by Crippen LogP contribution is 2.07. The Morgan fingerprint density at radius 1 is 1.35 bits per heavy atom. The lowest BCUT2D eigenvalue weighted by Gasteiger charge is -2.01. The molecule has 0 atom stereocenters. The van der Waals surface area contributed by atoms with Crippen LogP contribution in [0.2, 0.25) is 0 Å². The van der Waals surface area contributed by atoms with Gasteiger partial charge in [-0.05, 0) is 19.8 Å². The molecule has 2 N–H and O–H groups in total. The van der Waals surface area contributed by atoms with Crippen molar-refractivity contribution < 1.29 is 24.5 Å². The van der Waals surface area contributed by atoms with Gasteiger partial charge in [0.1, 0.15) is 0 Å². The van der Waals surface area contributed by atoms with Crippen molar-refractivity contribution in [1.82, 2.24) is 0 Å². The topological polar surface area (TPSA) is 83.8 Å². The van der Waals surface area contributed by atoms with E-state index in [1.54, 1.807) is 6.92 Å². The molecule has 0 spiro atoms. The average Bonchev–Trinajstić information content (AvgIpc) is 2.30. The second kappa shape index (κ2) is 12.3. The smallest absolute Gasteiger partial charge is 0.336 e. The van der Waals surface area contributed by atoms with Crippen LogP contribution in [0.25, 0.3) is 0 Å². The molecule has 0 fully saturated rings. The molecular formula is C12H20O5. The van der Waals surface area contributed by atoms with Crippen LogP contribution in [0, 0.1) is 0 Å². The SMILES string of the molecule is C/C=C/C(=O)O.CCCCC(=CO)C(=O)OC. The van der Waals surface area contributed by atoms with E-state index in [4.69, 9.17) is 10.2 Å². The Balaban J connectivity index is 0. The fourth-order valence-electron chi connectivity index (χ4n) is 0.860. The summed E-state index contributed by atoms with van der Waals surface area (Å²) in [6.45, 7) is 3.68. The molecule has 0 saturated carbocycles. The van der Waals surface area contributed by atoms with Gasteiger partial charge in [0.25, 0.3) is 0 Å². The number of unbranched alkanes of at least 4 members (excludes halogenated alkanes) is 1.